The third-order valence-corrected chi connectivity index (χ3v) is 8.62. The second-order valence-corrected chi connectivity index (χ2v) is 11.2. The second kappa shape index (κ2) is 10.3. The molecule has 0 radical (unpaired) electrons. The fourth-order valence-electron chi connectivity index (χ4n) is 6.45. The van der Waals surface area contributed by atoms with Gasteiger partial charge < -0.3 is 14.4 Å². The molecule has 43 heavy (non-hydrogen) atoms. The Balaban J connectivity index is 1.44. The number of aliphatic carboxylic acids is 1. The topological polar surface area (TPSA) is 77.2 Å². The Morgan fingerprint density at radius 2 is 1.84 bits per heavy atom. The molecule has 0 fully saturated rings. The van der Waals surface area contributed by atoms with Gasteiger partial charge in [-0.1, -0.05) is 36.4 Å². The van der Waals surface area contributed by atoms with Crippen LogP contribution in [0.1, 0.15) is 28.8 Å². The number of carboxylic acids is 1. The van der Waals surface area contributed by atoms with E-state index in [4.69, 9.17) is 9.72 Å². The molecule has 0 bridgehead atoms. The van der Waals surface area contributed by atoms with Gasteiger partial charge in [-0.25, -0.2) is 9.37 Å². The summed E-state index contributed by atoms with van der Waals surface area (Å²) in [6.07, 6.45) is 3.10. The monoisotopic (exact) mass is 571 g/mol. The molecule has 214 valence electrons. The minimum absolute atomic E-state index is 0.218. The number of fused-ring (bicyclic) bond motifs is 3. The number of nitrogens with zero attached hydrogens (tertiary/aromatic N) is 3. The highest BCUT2D eigenvalue weighted by Crippen LogP contribution is 2.43. The van der Waals surface area contributed by atoms with Gasteiger partial charge in [0, 0.05) is 41.0 Å². The highest BCUT2D eigenvalue weighted by molar-refractivity contribution is 6.01. The number of ether oxygens (including phenoxy) is 1. The summed E-state index contributed by atoms with van der Waals surface area (Å²) in [7, 11) is 1.95. The Labute approximate surface area is 248 Å². The van der Waals surface area contributed by atoms with Crippen molar-refractivity contribution >= 4 is 27.8 Å². The van der Waals surface area contributed by atoms with Crippen molar-refractivity contribution in [3.05, 3.63) is 101 Å². The van der Waals surface area contributed by atoms with Crippen molar-refractivity contribution in [2.45, 2.75) is 33.1 Å². The standard InChI is InChI=1S/C36H30FN3O3/c1-20-26-9-6-14-43-35(26)30(37)17-27(20)34-28(19-33(41)42)21(2)39-36-29(34)18-32(40(36)3)25-12-13-38-31(16-25)24-11-10-22-7-4-5-8-23(22)15-24/h4-5,7-8,10-13,15-18H,6,9,14,19H2,1-3H3,(H,41,42). The zero-order valence-electron chi connectivity index (χ0n) is 24.2. The number of rotatable bonds is 5. The zero-order valence-corrected chi connectivity index (χ0v) is 24.2. The molecule has 0 saturated heterocycles. The van der Waals surface area contributed by atoms with Gasteiger partial charge in [-0.2, -0.15) is 0 Å². The molecule has 7 rings (SSSR count). The van der Waals surface area contributed by atoms with E-state index in [9.17, 15) is 9.90 Å². The third kappa shape index (κ3) is 4.52. The SMILES string of the molecule is Cc1nc2c(cc(-c3ccnc(-c4ccc5ccccc5c4)c3)n2C)c(-c2cc(F)c3c(c2C)CCCO3)c1CC(=O)O. The minimum Gasteiger partial charge on any atom is -0.490 e. The number of carboxylic acid groups (broad SMARTS) is 1. The fourth-order valence-corrected chi connectivity index (χ4v) is 6.45. The largest absolute Gasteiger partial charge is 0.490 e. The summed E-state index contributed by atoms with van der Waals surface area (Å²) in [6.45, 7) is 4.28. The Hall–Kier alpha value is -5.04. The molecule has 0 unspecified atom stereocenters. The fraction of sp³-hybridized carbons (Fsp3) is 0.194. The maximum atomic E-state index is 15.5. The number of hydrogen-bond acceptors (Lipinski definition) is 4. The average Bonchev–Trinajstić information content (AvgIpc) is 3.34. The van der Waals surface area contributed by atoms with Gasteiger partial charge in [0.15, 0.2) is 11.6 Å². The minimum atomic E-state index is -0.963. The van der Waals surface area contributed by atoms with Gasteiger partial charge in [0.2, 0.25) is 0 Å². The number of aryl methyl sites for hydroxylation is 2. The molecule has 6 nitrogen and oxygen atoms in total. The first kappa shape index (κ1) is 26.8. The predicted molar refractivity (Wildman–Crippen MR) is 167 cm³/mol. The Morgan fingerprint density at radius 3 is 2.65 bits per heavy atom. The number of aromatic nitrogens is 3. The van der Waals surface area contributed by atoms with Gasteiger partial charge in [-0.05, 0) is 90.0 Å². The first-order valence-corrected chi connectivity index (χ1v) is 14.4. The third-order valence-electron chi connectivity index (χ3n) is 8.62. The van der Waals surface area contributed by atoms with E-state index in [0.717, 1.165) is 50.8 Å². The summed E-state index contributed by atoms with van der Waals surface area (Å²) < 4.78 is 23.2. The van der Waals surface area contributed by atoms with E-state index in [0.29, 0.717) is 46.8 Å². The van der Waals surface area contributed by atoms with Crippen molar-refractivity contribution in [3.8, 4) is 39.4 Å². The first-order valence-electron chi connectivity index (χ1n) is 14.4. The summed E-state index contributed by atoms with van der Waals surface area (Å²) in [5, 5.41) is 13.0. The molecular weight excluding hydrogens is 541 g/mol. The van der Waals surface area contributed by atoms with Crippen LogP contribution in [0.2, 0.25) is 0 Å². The summed E-state index contributed by atoms with van der Waals surface area (Å²) in [6, 6.07) is 22.1. The van der Waals surface area contributed by atoms with Gasteiger partial charge in [0.05, 0.1) is 24.4 Å². The molecule has 3 aromatic heterocycles. The molecule has 4 heterocycles. The van der Waals surface area contributed by atoms with Crippen LogP contribution in [0, 0.1) is 19.7 Å². The molecule has 3 aromatic carbocycles. The molecule has 1 N–H and O–H groups in total. The van der Waals surface area contributed by atoms with E-state index in [1.807, 2.05) is 49.7 Å². The molecule has 7 heteroatoms. The molecule has 0 atom stereocenters. The second-order valence-electron chi connectivity index (χ2n) is 11.2. The summed E-state index contributed by atoms with van der Waals surface area (Å²) in [5.74, 6) is -1.08. The van der Waals surface area contributed by atoms with Crippen LogP contribution in [0.5, 0.6) is 5.75 Å². The van der Waals surface area contributed by atoms with E-state index in [1.165, 1.54) is 11.5 Å². The van der Waals surface area contributed by atoms with Crippen LogP contribution in [-0.2, 0) is 24.7 Å². The average molecular weight is 572 g/mol. The molecule has 0 spiro atoms. The quantitative estimate of drug-likeness (QED) is 0.228. The molecule has 6 aromatic rings. The smallest absolute Gasteiger partial charge is 0.307 e. The lowest BCUT2D eigenvalue weighted by Crippen LogP contribution is -2.13. The molecule has 0 saturated carbocycles. The lowest BCUT2D eigenvalue weighted by molar-refractivity contribution is -0.136. The van der Waals surface area contributed by atoms with Gasteiger partial charge in [0.1, 0.15) is 5.65 Å². The maximum absolute atomic E-state index is 15.5. The molecular formula is C36H30FN3O3. The van der Waals surface area contributed by atoms with Crippen LogP contribution >= 0.6 is 0 Å². The lowest BCUT2D eigenvalue weighted by atomic mass is 9.87. The summed E-state index contributed by atoms with van der Waals surface area (Å²) in [4.78, 5) is 21.6. The lowest BCUT2D eigenvalue weighted by Gasteiger charge is -2.23. The number of hydrogen-bond donors (Lipinski definition) is 1. The predicted octanol–water partition coefficient (Wildman–Crippen LogP) is 7.83. The highest BCUT2D eigenvalue weighted by atomic mass is 19.1. The Bertz CT molecular complexity index is 2100. The van der Waals surface area contributed by atoms with Crippen molar-refractivity contribution in [3.63, 3.8) is 0 Å². The van der Waals surface area contributed by atoms with Gasteiger partial charge in [-0.15, -0.1) is 0 Å². The van der Waals surface area contributed by atoms with Crippen molar-refractivity contribution in [1.29, 1.82) is 0 Å². The number of pyridine rings is 2. The maximum Gasteiger partial charge on any atom is 0.307 e. The van der Waals surface area contributed by atoms with Crippen molar-refractivity contribution in [2.24, 2.45) is 7.05 Å². The van der Waals surface area contributed by atoms with Gasteiger partial charge in [-0.3, -0.25) is 9.78 Å². The normalized spacial score (nSPS) is 12.8. The van der Waals surface area contributed by atoms with Crippen molar-refractivity contribution in [2.75, 3.05) is 6.61 Å². The van der Waals surface area contributed by atoms with E-state index in [-0.39, 0.29) is 6.42 Å². The molecule has 1 aliphatic heterocycles. The van der Waals surface area contributed by atoms with E-state index in [1.54, 1.807) is 6.20 Å². The van der Waals surface area contributed by atoms with Crippen molar-refractivity contribution < 1.29 is 19.0 Å². The van der Waals surface area contributed by atoms with Crippen LogP contribution in [0.3, 0.4) is 0 Å². The Kier molecular flexibility index (Phi) is 6.46. The zero-order chi connectivity index (χ0) is 29.8. The number of benzene rings is 3. The van der Waals surface area contributed by atoms with E-state index < -0.39 is 11.8 Å². The molecule has 1 aliphatic rings. The van der Waals surface area contributed by atoms with Crippen LogP contribution in [0.4, 0.5) is 4.39 Å². The van der Waals surface area contributed by atoms with Crippen LogP contribution in [0.25, 0.3) is 55.4 Å². The Morgan fingerprint density at radius 1 is 1.02 bits per heavy atom. The molecule has 0 aliphatic carbocycles. The van der Waals surface area contributed by atoms with Crippen LogP contribution < -0.4 is 4.74 Å². The molecule has 0 amide bonds. The van der Waals surface area contributed by atoms with E-state index >= 15 is 4.39 Å². The highest BCUT2D eigenvalue weighted by Gasteiger charge is 2.26. The summed E-state index contributed by atoms with van der Waals surface area (Å²) in [5.41, 5.74) is 8.74. The van der Waals surface area contributed by atoms with Gasteiger partial charge >= 0.3 is 5.97 Å². The number of carbonyl (C=O) groups is 1. The van der Waals surface area contributed by atoms with Crippen molar-refractivity contribution in [1.82, 2.24) is 14.5 Å². The number of halogens is 1. The summed E-state index contributed by atoms with van der Waals surface area (Å²) >= 11 is 0. The van der Waals surface area contributed by atoms with E-state index in [2.05, 4.69) is 41.4 Å². The first-order chi connectivity index (χ1) is 20.8. The van der Waals surface area contributed by atoms with Gasteiger partial charge in [0.25, 0.3) is 0 Å². The van der Waals surface area contributed by atoms with Crippen LogP contribution in [0.15, 0.2) is 72.9 Å². The van der Waals surface area contributed by atoms with Crippen LogP contribution in [-0.4, -0.2) is 32.2 Å².